The molecule has 0 spiro atoms. The smallest absolute Gasteiger partial charge is 0.130 e. The molecule has 1 saturated heterocycles. The van der Waals surface area contributed by atoms with Crippen molar-refractivity contribution < 1.29 is 4.74 Å². The molecule has 0 aromatic rings. The second kappa shape index (κ2) is 3.47. The van der Waals surface area contributed by atoms with Crippen molar-refractivity contribution in [1.82, 2.24) is 5.32 Å². The van der Waals surface area contributed by atoms with Crippen LogP contribution in [0, 0.1) is 17.8 Å². The maximum absolute atomic E-state index is 5.47. The van der Waals surface area contributed by atoms with Gasteiger partial charge in [0.05, 0.1) is 6.61 Å². The van der Waals surface area contributed by atoms with E-state index in [1.54, 1.807) is 0 Å². The second-order valence-corrected chi connectivity index (χ2v) is 4.32. The zero-order chi connectivity index (χ0) is 9.19. The Morgan fingerprint density at radius 1 is 1.50 bits per heavy atom. The van der Waals surface area contributed by atoms with Gasteiger partial charge in [0, 0.05) is 12.6 Å². The molecular weight excluding hydrogens is 150 g/mol. The van der Waals surface area contributed by atoms with Gasteiger partial charge in [-0.15, -0.1) is 6.42 Å². The maximum atomic E-state index is 5.47. The van der Waals surface area contributed by atoms with Gasteiger partial charge < -0.3 is 10.1 Å². The summed E-state index contributed by atoms with van der Waals surface area (Å²) in [4.78, 5) is 0. The van der Waals surface area contributed by atoms with Crippen LogP contribution in [0.2, 0.25) is 0 Å². The third kappa shape index (κ3) is 2.23. The highest BCUT2D eigenvalue weighted by Gasteiger charge is 2.28. The van der Waals surface area contributed by atoms with Crippen molar-refractivity contribution in [2.24, 2.45) is 5.41 Å². The van der Waals surface area contributed by atoms with Gasteiger partial charge in [0.25, 0.3) is 0 Å². The summed E-state index contributed by atoms with van der Waals surface area (Å²) in [5.41, 5.74) is 0.250. The molecule has 2 heteroatoms. The Labute approximate surface area is 74.7 Å². The van der Waals surface area contributed by atoms with Crippen molar-refractivity contribution in [2.75, 3.05) is 13.2 Å². The second-order valence-electron chi connectivity index (χ2n) is 4.32. The predicted octanol–water partition coefficient (Wildman–Crippen LogP) is 1.02. The number of hydrogen-bond acceptors (Lipinski definition) is 2. The Balaban J connectivity index is 2.42. The van der Waals surface area contributed by atoms with Crippen LogP contribution in [0.3, 0.4) is 0 Å². The lowest BCUT2D eigenvalue weighted by molar-refractivity contribution is 0.00676. The molecule has 1 aliphatic heterocycles. The minimum absolute atomic E-state index is 0.0383. The van der Waals surface area contributed by atoms with Crippen molar-refractivity contribution in [2.45, 2.75) is 32.9 Å². The van der Waals surface area contributed by atoms with Crippen LogP contribution in [-0.2, 0) is 4.74 Å². The summed E-state index contributed by atoms with van der Waals surface area (Å²) in [5.74, 6) is 2.59. The lowest BCUT2D eigenvalue weighted by Crippen LogP contribution is -2.52. The van der Waals surface area contributed by atoms with Gasteiger partial charge in [0.1, 0.15) is 6.10 Å². The summed E-state index contributed by atoms with van der Waals surface area (Å²) in [6.45, 7) is 8.09. The Morgan fingerprint density at radius 2 is 2.17 bits per heavy atom. The van der Waals surface area contributed by atoms with Gasteiger partial charge in [-0.3, -0.25) is 0 Å². The molecule has 0 amide bonds. The number of rotatable bonds is 0. The summed E-state index contributed by atoms with van der Waals surface area (Å²) in [6, 6.07) is 0.419. The molecule has 1 heterocycles. The third-order valence-corrected chi connectivity index (χ3v) is 2.25. The lowest BCUT2D eigenvalue weighted by atomic mass is 9.86. The van der Waals surface area contributed by atoms with Crippen molar-refractivity contribution in [3.8, 4) is 12.3 Å². The van der Waals surface area contributed by atoms with Crippen molar-refractivity contribution in [1.29, 1.82) is 0 Å². The first kappa shape index (κ1) is 9.57. The van der Waals surface area contributed by atoms with Crippen molar-refractivity contribution in [3.63, 3.8) is 0 Å². The molecule has 1 fully saturated rings. The standard InChI is InChI=1S/C10H17NO/c1-5-8-6-11-9(7-12-8)10(2,3)4/h1,8-9,11H,6-7H2,2-4H3. The third-order valence-electron chi connectivity index (χ3n) is 2.25. The fraction of sp³-hybridized carbons (Fsp3) is 0.800. The first-order valence-corrected chi connectivity index (χ1v) is 4.35. The molecule has 2 unspecified atom stereocenters. The molecule has 2 atom stereocenters. The van der Waals surface area contributed by atoms with Crippen LogP contribution in [-0.4, -0.2) is 25.3 Å². The average molecular weight is 167 g/mol. The van der Waals surface area contributed by atoms with E-state index in [9.17, 15) is 0 Å². The summed E-state index contributed by atoms with van der Waals surface area (Å²) in [5, 5.41) is 3.39. The van der Waals surface area contributed by atoms with E-state index >= 15 is 0 Å². The molecule has 0 bridgehead atoms. The van der Waals surface area contributed by atoms with E-state index in [-0.39, 0.29) is 11.5 Å². The van der Waals surface area contributed by atoms with Gasteiger partial charge in [-0.2, -0.15) is 0 Å². The molecule has 0 aromatic heterocycles. The monoisotopic (exact) mass is 167 g/mol. The highest BCUT2D eigenvalue weighted by Crippen LogP contribution is 2.21. The van der Waals surface area contributed by atoms with Crippen LogP contribution in [0.4, 0.5) is 0 Å². The van der Waals surface area contributed by atoms with Gasteiger partial charge >= 0.3 is 0 Å². The molecule has 0 aliphatic carbocycles. The SMILES string of the molecule is C#CC1CNC(C(C)(C)C)CO1. The number of nitrogens with one attached hydrogen (secondary N) is 1. The molecule has 0 saturated carbocycles. The Kier molecular flexibility index (Phi) is 2.76. The van der Waals surface area contributed by atoms with Crippen molar-refractivity contribution in [3.05, 3.63) is 0 Å². The first-order valence-electron chi connectivity index (χ1n) is 4.35. The molecule has 1 aliphatic rings. The summed E-state index contributed by atoms with van der Waals surface area (Å²) in [7, 11) is 0. The zero-order valence-electron chi connectivity index (χ0n) is 8.05. The minimum Gasteiger partial charge on any atom is -0.363 e. The van der Waals surface area contributed by atoms with Gasteiger partial charge in [-0.05, 0) is 5.41 Å². The fourth-order valence-electron chi connectivity index (χ4n) is 1.24. The van der Waals surface area contributed by atoms with Crippen LogP contribution in [0.1, 0.15) is 20.8 Å². The number of morpholine rings is 1. The average Bonchev–Trinajstić information content (AvgIpc) is 2.03. The van der Waals surface area contributed by atoms with Crippen LogP contribution in [0.5, 0.6) is 0 Å². The predicted molar refractivity (Wildman–Crippen MR) is 49.8 cm³/mol. The molecule has 2 nitrogen and oxygen atoms in total. The quantitative estimate of drug-likeness (QED) is 0.544. The molecular formula is C10H17NO. The van der Waals surface area contributed by atoms with Crippen LogP contribution >= 0.6 is 0 Å². The van der Waals surface area contributed by atoms with E-state index in [1.165, 1.54) is 0 Å². The minimum atomic E-state index is -0.0383. The molecule has 0 aromatic carbocycles. The van der Waals surface area contributed by atoms with Gasteiger partial charge in [-0.1, -0.05) is 26.7 Å². The molecule has 12 heavy (non-hydrogen) atoms. The normalized spacial score (nSPS) is 31.2. The molecule has 0 radical (unpaired) electrons. The molecule has 68 valence electrons. The Bertz CT molecular complexity index is 179. The molecule has 1 rings (SSSR count). The topological polar surface area (TPSA) is 21.3 Å². The summed E-state index contributed by atoms with van der Waals surface area (Å²) >= 11 is 0. The van der Waals surface area contributed by atoms with Gasteiger partial charge in [-0.25, -0.2) is 0 Å². The summed E-state index contributed by atoms with van der Waals surface area (Å²) in [6.07, 6.45) is 5.20. The summed E-state index contributed by atoms with van der Waals surface area (Å²) < 4.78 is 5.47. The van der Waals surface area contributed by atoms with E-state index in [0.29, 0.717) is 6.04 Å². The highest BCUT2D eigenvalue weighted by atomic mass is 16.5. The van der Waals surface area contributed by atoms with Crippen LogP contribution < -0.4 is 5.32 Å². The van der Waals surface area contributed by atoms with E-state index < -0.39 is 0 Å². The van der Waals surface area contributed by atoms with Gasteiger partial charge in [0.15, 0.2) is 0 Å². The Morgan fingerprint density at radius 3 is 2.50 bits per heavy atom. The highest BCUT2D eigenvalue weighted by molar-refractivity contribution is 4.99. The van der Waals surface area contributed by atoms with Crippen LogP contribution in [0.15, 0.2) is 0 Å². The fourth-order valence-corrected chi connectivity index (χ4v) is 1.24. The number of ether oxygens (including phenoxy) is 1. The Hall–Kier alpha value is -0.520. The number of hydrogen-bond donors (Lipinski definition) is 1. The van der Waals surface area contributed by atoms with E-state index in [1.807, 2.05) is 0 Å². The first-order chi connectivity index (χ1) is 5.54. The van der Waals surface area contributed by atoms with E-state index in [2.05, 4.69) is 32.0 Å². The maximum Gasteiger partial charge on any atom is 0.130 e. The van der Waals surface area contributed by atoms with Crippen molar-refractivity contribution >= 4 is 0 Å². The molecule has 1 N–H and O–H groups in total. The largest absolute Gasteiger partial charge is 0.363 e. The van der Waals surface area contributed by atoms with E-state index in [4.69, 9.17) is 11.2 Å². The van der Waals surface area contributed by atoms with Gasteiger partial charge in [0.2, 0.25) is 0 Å². The van der Waals surface area contributed by atoms with E-state index in [0.717, 1.165) is 13.2 Å². The lowest BCUT2D eigenvalue weighted by Gasteiger charge is -2.36. The zero-order valence-corrected chi connectivity index (χ0v) is 8.05. The van der Waals surface area contributed by atoms with Crippen LogP contribution in [0.25, 0.3) is 0 Å². The number of terminal acetylenes is 1.